The fourth-order valence-corrected chi connectivity index (χ4v) is 0.501. The minimum atomic E-state index is -0.359. The van der Waals surface area contributed by atoms with Gasteiger partial charge in [-0.25, -0.2) is 0 Å². The topological polar surface area (TPSA) is 43.4 Å². The van der Waals surface area contributed by atoms with E-state index >= 15 is 0 Å². The lowest BCUT2D eigenvalue weighted by Gasteiger charge is -1.92. The summed E-state index contributed by atoms with van der Waals surface area (Å²) in [5.74, 6) is -0.359. The Kier molecular flexibility index (Phi) is 4.30. The maximum atomic E-state index is 10.3. The molecule has 0 fully saturated rings. The summed E-state index contributed by atoms with van der Waals surface area (Å²) in [4.78, 5) is 20.5. The van der Waals surface area contributed by atoms with E-state index in [4.69, 9.17) is 0 Å². The van der Waals surface area contributed by atoms with Gasteiger partial charge in [0.1, 0.15) is 0 Å². The van der Waals surface area contributed by atoms with E-state index in [1.54, 1.807) is 0 Å². The lowest BCUT2D eigenvalue weighted by Crippen LogP contribution is -2.01. The molecule has 9 heavy (non-hydrogen) atoms. The van der Waals surface area contributed by atoms with E-state index in [9.17, 15) is 9.59 Å². The average Bonchev–Trinajstić information content (AvgIpc) is 1.83. The molecule has 0 spiro atoms. The summed E-state index contributed by atoms with van der Waals surface area (Å²) >= 11 is 2.69. The highest BCUT2D eigenvalue weighted by atomic mass is 79.9. The number of esters is 1. The normalized spacial score (nSPS) is 8.67. The second-order valence-electron chi connectivity index (χ2n) is 1.43. The highest BCUT2D eigenvalue weighted by Gasteiger charge is 2.01. The molecule has 3 nitrogen and oxygen atoms in total. The summed E-state index contributed by atoms with van der Waals surface area (Å²) in [7, 11) is 1.29. The third-order valence-electron chi connectivity index (χ3n) is 0.753. The van der Waals surface area contributed by atoms with E-state index < -0.39 is 0 Å². The maximum absolute atomic E-state index is 10.3. The van der Waals surface area contributed by atoms with Gasteiger partial charge in [-0.3, -0.25) is 9.59 Å². The molecule has 0 rings (SSSR count). The number of hydrogen-bond donors (Lipinski definition) is 0. The van der Waals surface area contributed by atoms with Crippen LogP contribution in [0.1, 0.15) is 12.8 Å². The molecular weight excluding hydrogens is 188 g/mol. The van der Waals surface area contributed by atoms with Crippen LogP contribution in [0.25, 0.3) is 0 Å². The molecule has 0 heterocycles. The van der Waals surface area contributed by atoms with E-state index in [-0.39, 0.29) is 23.5 Å². The van der Waals surface area contributed by atoms with Crippen LogP contribution in [0.2, 0.25) is 0 Å². The number of ether oxygens (including phenoxy) is 1. The Hall–Kier alpha value is -0.380. The summed E-state index contributed by atoms with van der Waals surface area (Å²) in [5, 5.41) is 0. The van der Waals surface area contributed by atoms with Gasteiger partial charge < -0.3 is 4.74 Å². The molecule has 0 radical (unpaired) electrons. The Balaban J connectivity index is 3.28. The number of carbonyl (C=O) groups is 2. The second kappa shape index (κ2) is 4.49. The summed E-state index contributed by atoms with van der Waals surface area (Å²) in [6.45, 7) is 0. The first-order chi connectivity index (χ1) is 4.16. The Labute approximate surface area is 61.5 Å². The summed E-state index contributed by atoms with van der Waals surface area (Å²) < 4.78 is 4.12. The molecule has 0 aromatic carbocycles. The number of halogens is 1. The van der Waals surface area contributed by atoms with Crippen LogP contribution in [0.4, 0.5) is 0 Å². The third kappa shape index (κ3) is 5.49. The van der Waals surface area contributed by atoms with Crippen molar-refractivity contribution in [3.05, 3.63) is 0 Å². The van der Waals surface area contributed by atoms with Crippen molar-refractivity contribution < 1.29 is 14.3 Å². The molecule has 0 saturated carbocycles. The molecule has 0 saturated heterocycles. The Morgan fingerprint density at radius 2 is 2.00 bits per heavy atom. The minimum Gasteiger partial charge on any atom is -0.469 e. The Morgan fingerprint density at radius 1 is 1.44 bits per heavy atom. The van der Waals surface area contributed by atoms with Gasteiger partial charge in [-0.05, 0) is 15.9 Å². The highest BCUT2D eigenvalue weighted by Crippen LogP contribution is 1.97. The van der Waals surface area contributed by atoms with Crippen molar-refractivity contribution in [1.82, 2.24) is 0 Å². The average molecular weight is 195 g/mol. The van der Waals surface area contributed by atoms with E-state index in [2.05, 4.69) is 20.7 Å². The number of hydrogen-bond acceptors (Lipinski definition) is 3. The van der Waals surface area contributed by atoms with Crippen molar-refractivity contribution in [3.8, 4) is 0 Å². The quantitative estimate of drug-likeness (QED) is 0.495. The Morgan fingerprint density at radius 3 is 2.33 bits per heavy atom. The third-order valence-corrected chi connectivity index (χ3v) is 1.15. The molecule has 4 heteroatoms. The van der Waals surface area contributed by atoms with Crippen LogP contribution < -0.4 is 0 Å². The van der Waals surface area contributed by atoms with Crippen LogP contribution >= 0.6 is 15.9 Å². The molecule has 0 aliphatic heterocycles. The number of carbonyl (C=O) groups excluding carboxylic acids is 2. The lowest BCUT2D eigenvalue weighted by atomic mass is 10.3. The van der Waals surface area contributed by atoms with Gasteiger partial charge in [-0.2, -0.15) is 0 Å². The van der Waals surface area contributed by atoms with Crippen molar-refractivity contribution in [1.29, 1.82) is 0 Å². The van der Waals surface area contributed by atoms with Crippen LogP contribution in [-0.4, -0.2) is 17.8 Å². The SMILES string of the molecule is COC(=O)CCC(=O)Br. The van der Waals surface area contributed by atoms with Gasteiger partial charge in [-0.15, -0.1) is 0 Å². The van der Waals surface area contributed by atoms with E-state index in [0.29, 0.717) is 0 Å². The summed E-state index contributed by atoms with van der Waals surface area (Å²) in [5.41, 5.74) is 0. The molecular formula is C5H7BrO3. The molecule has 0 aromatic heterocycles. The van der Waals surface area contributed by atoms with Crippen molar-refractivity contribution in [3.63, 3.8) is 0 Å². The molecule has 0 unspecified atom stereocenters. The van der Waals surface area contributed by atoms with Gasteiger partial charge in [0.25, 0.3) is 0 Å². The zero-order valence-corrected chi connectivity index (χ0v) is 6.60. The second-order valence-corrected chi connectivity index (χ2v) is 2.32. The van der Waals surface area contributed by atoms with Crippen molar-refractivity contribution in [2.24, 2.45) is 0 Å². The first-order valence-electron chi connectivity index (χ1n) is 2.42. The summed E-state index contributed by atoms with van der Waals surface area (Å²) in [6.07, 6.45) is 0.354. The first-order valence-corrected chi connectivity index (χ1v) is 3.21. The van der Waals surface area contributed by atoms with Crippen molar-refractivity contribution in [2.45, 2.75) is 12.8 Å². The summed E-state index contributed by atoms with van der Waals surface area (Å²) in [6, 6.07) is 0. The van der Waals surface area contributed by atoms with Crippen LogP contribution in [0.5, 0.6) is 0 Å². The van der Waals surface area contributed by atoms with Crippen LogP contribution in [0, 0.1) is 0 Å². The van der Waals surface area contributed by atoms with Crippen LogP contribution in [-0.2, 0) is 14.3 Å². The Bertz CT molecular complexity index is 121. The highest BCUT2D eigenvalue weighted by molar-refractivity contribution is 9.18. The van der Waals surface area contributed by atoms with Gasteiger partial charge in [0.05, 0.1) is 13.5 Å². The van der Waals surface area contributed by atoms with Gasteiger partial charge in [0.15, 0.2) is 4.69 Å². The van der Waals surface area contributed by atoms with E-state index in [1.165, 1.54) is 7.11 Å². The molecule has 0 amide bonds. The molecule has 0 N–H and O–H groups in total. The van der Waals surface area contributed by atoms with Gasteiger partial charge in [-0.1, -0.05) is 0 Å². The number of methoxy groups -OCH3 is 1. The molecule has 0 atom stereocenters. The fraction of sp³-hybridized carbons (Fsp3) is 0.600. The molecule has 0 aliphatic carbocycles. The van der Waals surface area contributed by atoms with Gasteiger partial charge in [0, 0.05) is 6.42 Å². The van der Waals surface area contributed by atoms with Crippen LogP contribution in [0.3, 0.4) is 0 Å². The molecule has 0 aromatic rings. The zero-order chi connectivity index (χ0) is 7.28. The van der Waals surface area contributed by atoms with Crippen molar-refractivity contribution >= 4 is 26.6 Å². The fourth-order valence-electron chi connectivity index (χ4n) is 0.302. The lowest BCUT2D eigenvalue weighted by molar-refractivity contribution is -0.141. The van der Waals surface area contributed by atoms with Gasteiger partial charge in [0.2, 0.25) is 0 Å². The maximum Gasteiger partial charge on any atom is 0.305 e. The first kappa shape index (κ1) is 8.62. The molecule has 0 bridgehead atoms. The largest absolute Gasteiger partial charge is 0.469 e. The number of rotatable bonds is 3. The van der Waals surface area contributed by atoms with Crippen molar-refractivity contribution in [2.75, 3.05) is 7.11 Å². The molecule has 0 aliphatic rings. The predicted octanol–water partition coefficient (Wildman–Crippen LogP) is 0.861. The smallest absolute Gasteiger partial charge is 0.305 e. The standard InChI is InChI=1S/C5H7BrO3/c1-9-5(8)3-2-4(6)7/h2-3H2,1H3. The van der Waals surface area contributed by atoms with Crippen LogP contribution in [0.15, 0.2) is 0 Å². The van der Waals surface area contributed by atoms with E-state index in [1.807, 2.05) is 0 Å². The van der Waals surface area contributed by atoms with E-state index in [0.717, 1.165) is 0 Å². The monoisotopic (exact) mass is 194 g/mol. The minimum absolute atomic E-state index is 0.153. The molecule has 52 valence electrons. The zero-order valence-electron chi connectivity index (χ0n) is 5.02. The van der Waals surface area contributed by atoms with Gasteiger partial charge >= 0.3 is 5.97 Å². The predicted molar refractivity (Wildman–Crippen MR) is 35.2 cm³/mol.